The molecule has 0 aromatic heterocycles. The van der Waals surface area contributed by atoms with Crippen molar-refractivity contribution in [2.24, 2.45) is 0 Å². The fourth-order valence-corrected chi connectivity index (χ4v) is 2.06. The number of halogens is 3. The zero-order valence-corrected chi connectivity index (χ0v) is 12.3. The predicted molar refractivity (Wildman–Crippen MR) is 76.4 cm³/mol. The number of carbonyl (C=O) groups excluding carboxylic acids is 1. The van der Waals surface area contributed by atoms with E-state index in [0.717, 1.165) is 22.2 Å². The molecule has 0 aliphatic rings. The van der Waals surface area contributed by atoms with E-state index in [9.17, 15) is 13.6 Å². The van der Waals surface area contributed by atoms with E-state index in [4.69, 9.17) is 0 Å². The molecule has 5 heteroatoms. The Morgan fingerprint density at radius 2 is 1.95 bits per heavy atom. The van der Waals surface area contributed by atoms with Crippen LogP contribution in [0.25, 0.3) is 0 Å². The lowest BCUT2D eigenvalue weighted by molar-refractivity contribution is 0.0950. The van der Waals surface area contributed by atoms with Gasteiger partial charge in [0.05, 0.1) is 0 Å². The number of amides is 1. The van der Waals surface area contributed by atoms with Gasteiger partial charge < -0.3 is 5.32 Å². The molecule has 0 saturated heterocycles. The quantitative estimate of drug-likeness (QED) is 0.900. The molecule has 0 saturated carbocycles. The van der Waals surface area contributed by atoms with Crippen LogP contribution in [0, 0.1) is 18.6 Å². The van der Waals surface area contributed by atoms with Gasteiger partial charge >= 0.3 is 0 Å². The molecule has 0 bridgehead atoms. The topological polar surface area (TPSA) is 29.1 Å². The normalized spacial score (nSPS) is 10.4. The second-order valence-electron chi connectivity index (χ2n) is 4.38. The molecule has 2 aromatic rings. The molecule has 0 aliphatic heterocycles. The fourth-order valence-electron chi connectivity index (χ4n) is 1.68. The molecule has 2 nitrogen and oxygen atoms in total. The molecule has 2 aromatic carbocycles. The summed E-state index contributed by atoms with van der Waals surface area (Å²) in [5.41, 5.74) is 1.74. The van der Waals surface area contributed by atoms with E-state index in [1.165, 1.54) is 6.07 Å². The van der Waals surface area contributed by atoms with E-state index >= 15 is 0 Å². The van der Waals surface area contributed by atoms with Gasteiger partial charge in [-0.25, -0.2) is 8.78 Å². The van der Waals surface area contributed by atoms with Crippen molar-refractivity contribution in [1.29, 1.82) is 0 Å². The summed E-state index contributed by atoms with van der Waals surface area (Å²) in [6.45, 7) is 1.93. The number of hydrogen-bond donors (Lipinski definition) is 1. The lowest BCUT2D eigenvalue weighted by Gasteiger charge is -2.07. The summed E-state index contributed by atoms with van der Waals surface area (Å²) in [6.07, 6.45) is 0. The first-order valence-corrected chi connectivity index (χ1v) is 6.75. The summed E-state index contributed by atoms with van der Waals surface area (Å²) in [7, 11) is 0. The zero-order valence-electron chi connectivity index (χ0n) is 10.7. The molecule has 0 unspecified atom stereocenters. The molecule has 0 radical (unpaired) electrons. The lowest BCUT2D eigenvalue weighted by Crippen LogP contribution is -2.23. The maximum atomic E-state index is 13.4. The zero-order chi connectivity index (χ0) is 14.7. The van der Waals surface area contributed by atoms with Gasteiger partial charge in [0.25, 0.3) is 5.91 Å². The first kappa shape index (κ1) is 14.7. The smallest absolute Gasteiger partial charge is 0.251 e. The van der Waals surface area contributed by atoms with Crippen molar-refractivity contribution in [1.82, 2.24) is 5.32 Å². The van der Waals surface area contributed by atoms with Crippen LogP contribution in [0.4, 0.5) is 8.78 Å². The maximum Gasteiger partial charge on any atom is 0.251 e. The largest absolute Gasteiger partial charge is 0.348 e. The molecule has 0 spiro atoms. The monoisotopic (exact) mass is 339 g/mol. The van der Waals surface area contributed by atoms with Crippen molar-refractivity contribution in [2.45, 2.75) is 13.5 Å². The van der Waals surface area contributed by atoms with Crippen molar-refractivity contribution in [3.63, 3.8) is 0 Å². The number of hydrogen-bond acceptors (Lipinski definition) is 1. The highest BCUT2D eigenvalue weighted by molar-refractivity contribution is 9.10. The lowest BCUT2D eigenvalue weighted by atomic mass is 10.1. The highest BCUT2D eigenvalue weighted by Crippen LogP contribution is 2.17. The third-order valence-corrected chi connectivity index (χ3v) is 3.74. The SMILES string of the molecule is Cc1ccc(C(=O)NCc2ccc(F)cc2F)cc1Br. The molecule has 2 rings (SSSR count). The number of rotatable bonds is 3. The van der Waals surface area contributed by atoms with Crippen LogP contribution < -0.4 is 5.32 Å². The first-order valence-electron chi connectivity index (χ1n) is 5.95. The van der Waals surface area contributed by atoms with Gasteiger partial charge in [0.2, 0.25) is 0 Å². The summed E-state index contributed by atoms with van der Waals surface area (Å²) in [5.74, 6) is -1.62. The summed E-state index contributed by atoms with van der Waals surface area (Å²) < 4.78 is 27.0. The van der Waals surface area contributed by atoms with Crippen LogP contribution in [0.15, 0.2) is 40.9 Å². The van der Waals surface area contributed by atoms with Crippen LogP contribution in [0.1, 0.15) is 21.5 Å². The minimum Gasteiger partial charge on any atom is -0.348 e. The Morgan fingerprint density at radius 3 is 2.60 bits per heavy atom. The van der Waals surface area contributed by atoms with Crippen LogP contribution in [-0.4, -0.2) is 5.91 Å². The van der Waals surface area contributed by atoms with Gasteiger partial charge in [-0.05, 0) is 30.7 Å². The molecule has 1 N–H and O–H groups in total. The minimum absolute atomic E-state index is 0.0104. The Kier molecular flexibility index (Phi) is 4.49. The highest BCUT2D eigenvalue weighted by atomic mass is 79.9. The van der Waals surface area contributed by atoms with E-state index in [1.807, 2.05) is 13.0 Å². The molecule has 20 heavy (non-hydrogen) atoms. The van der Waals surface area contributed by atoms with Crippen molar-refractivity contribution in [3.8, 4) is 0 Å². The fraction of sp³-hybridized carbons (Fsp3) is 0.133. The predicted octanol–water partition coefficient (Wildman–Crippen LogP) is 3.97. The Bertz CT molecular complexity index is 658. The van der Waals surface area contributed by atoms with Gasteiger partial charge in [-0.2, -0.15) is 0 Å². The van der Waals surface area contributed by atoms with Gasteiger partial charge in [0.1, 0.15) is 11.6 Å². The Morgan fingerprint density at radius 1 is 1.20 bits per heavy atom. The average molecular weight is 340 g/mol. The Labute approximate surface area is 123 Å². The average Bonchev–Trinajstić information content (AvgIpc) is 2.40. The summed E-state index contributed by atoms with van der Waals surface area (Å²) in [5, 5.41) is 2.60. The third-order valence-electron chi connectivity index (χ3n) is 2.89. The maximum absolute atomic E-state index is 13.4. The molecule has 0 heterocycles. The summed E-state index contributed by atoms with van der Waals surface area (Å²) in [4.78, 5) is 11.9. The molecular weight excluding hydrogens is 328 g/mol. The van der Waals surface area contributed by atoms with Gasteiger partial charge in [-0.3, -0.25) is 4.79 Å². The number of aryl methyl sites for hydroxylation is 1. The van der Waals surface area contributed by atoms with Gasteiger partial charge in [-0.15, -0.1) is 0 Å². The molecule has 0 aliphatic carbocycles. The van der Waals surface area contributed by atoms with Crippen LogP contribution >= 0.6 is 15.9 Å². The van der Waals surface area contributed by atoms with E-state index in [1.54, 1.807) is 12.1 Å². The summed E-state index contributed by atoms with van der Waals surface area (Å²) in [6, 6.07) is 8.48. The standard InChI is InChI=1S/C15H12BrF2NO/c1-9-2-3-10(6-13(9)16)15(20)19-8-11-4-5-12(17)7-14(11)18/h2-7H,8H2,1H3,(H,19,20). The number of nitrogens with one attached hydrogen (secondary N) is 1. The third kappa shape index (κ3) is 3.42. The van der Waals surface area contributed by atoms with E-state index in [-0.39, 0.29) is 18.0 Å². The van der Waals surface area contributed by atoms with Crippen molar-refractivity contribution < 1.29 is 13.6 Å². The van der Waals surface area contributed by atoms with Gasteiger partial charge in [0.15, 0.2) is 0 Å². The van der Waals surface area contributed by atoms with Gasteiger partial charge in [-0.1, -0.05) is 28.1 Å². The minimum atomic E-state index is -0.671. The molecule has 0 fully saturated rings. The number of carbonyl (C=O) groups is 1. The van der Waals surface area contributed by atoms with Gasteiger partial charge in [0, 0.05) is 28.2 Å². The van der Waals surface area contributed by atoms with Crippen molar-refractivity contribution in [3.05, 3.63) is 69.2 Å². The second kappa shape index (κ2) is 6.13. The van der Waals surface area contributed by atoms with Crippen LogP contribution in [0.5, 0.6) is 0 Å². The van der Waals surface area contributed by atoms with E-state index in [2.05, 4.69) is 21.2 Å². The molecular formula is C15H12BrF2NO. The Balaban J connectivity index is 2.06. The second-order valence-corrected chi connectivity index (χ2v) is 5.24. The van der Waals surface area contributed by atoms with Crippen LogP contribution in [0.3, 0.4) is 0 Å². The summed E-state index contributed by atoms with van der Waals surface area (Å²) >= 11 is 3.35. The van der Waals surface area contributed by atoms with Crippen LogP contribution in [0.2, 0.25) is 0 Å². The molecule has 104 valence electrons. The highest BCUT2D eigenvalue weighted by Gasteiger charge is 2.09. The van der Waals surface area contributed by atoms with Crippen molar-refractivity contribution >= 4 is 21.8 Å². The van der Waals surface area contributed by atoms with E-state index < -0.39 is 11.6 Å². The number of benzene rings is 2. The Hall–Kier alpha value is -1.75. The van der Waals surface area contributed by atoms with Crippen molar-refractivity contribution in [2.75, 3.05) is 0 Å². The molecule has 1 amide bonds. The molecule has 0 atom stereocenters. The van der Waals surface area contributed by atoms with E-state index in [0.29, 0.717) is 5.56 Å². The first-order chi connectivity index (χ1) is 9.47. The van der Waals surface area contributed by atoms with Crippen LogP contribution in [-0.2, 0) is 6.54 Å².